The Morgan fingerprint density at radius 1 is 0.618 bits per heavy atom. The summed E-state index contributed by atoms with van der Waals surface area (Å²) in [5.41, 5.74) is 9.25. The van der Waals surface area contributed by atoms with E-state index in [-0.39, 0.29) is 0 Å². The normalized spacial score (nSPS) is 14.9. The largest absolute Gasteiger partial charge is 0.455 e. The van der Waals surface area contributed by atoms with Crippen molar-refractivity contribution in [2.45, 2.75) is 6.23 Å². The standard InChI is InChI=1S/C31H19NO2/c33-31-24-11-2-1-8-20(24)25-16-18(17-26-21-9-3-5-14-27(21)32(31)29(25)26)19-12-7-13-23-22-10-4-6-15-28(22)34-30(19)23/h1-17,31,33H. The zero-order valence-electron chi connectivity index (χ0n) is 18.2. The highest BCUT2D eigenvalue weighted by atomic mass is 16.3. The molecule has 1 aliphatic rings. The zero-order valence-corrected chi connectivity index (χ0v) is 18.2. The molecule has 0 spiro atoms. The summed E-state index contributed by atoms with van der Waals surface area (Å²) in [6.45, 7) is 0. The van der Waals surface area contributed by atoms with E-state index in [0.29, 0.717) is 0 Å². The Hall–Kier alpha value is -4.34. The molecule has 34 heavy (non-hydrogen) atoms. The van der Waals surface area contributed by atoms with Crippen LogP contribution in [0.2, 0.25) is 0 Å². The van der Waals surface area contributed by atoms with E-state index in [1.807, 2.05) is 36.4 Å². The van der Waals surface area contributed by atoms with Gasteiger partial charge in [0, 0.05) is 38.2 Å². The molecule has 3 heteroatoms. The van der Waals surface area contributed by atoms with Crippen LogP contribution in [0.3, 0.4) is 0 Å². The highest BCUT2D eigenvalue weighted by Crippen LogP contribution is 2.47. The van der Waals surface area contributed by atoms with Crippen LogP contribution in [0.25, 0.3) is 66.0 Å². The highest BCUT2D eigenvalue weighted by Gasteiger charge is 2.28. The van der Waals surface area contributed by atoms with E-state index in [1.54, 1.807) is 0 Å². The van der Waals surface area contributed by atoms with Gasteiger partial charge in [-0.25, -0.2) is 0 Å². The summed E-state index contributed by atoms with van der Waals surface area (Å²) in [5.74, 6) is 0. The van der Waals surface area contributed by atoms with Gasteiger partial charge in [0.1, 0.15) is 11.2 Å². The second-order valence-corrected chi connectivity index (χ2v) is 9.05. The van der Waals surface area contributed by atoms with Gasteiger partial charge < -0.3 is 14.1 Å². The van der Waals surface area contributed by atoms with Crippen molar-refractivity contribution >= 4 is 43.7 Å². The fraction of sp³-hybridized carbons (Fsp3) is 0.0323. The number of rotatable bonds is 1. The fourth-order valence-electron chi connectivity index (χ4n) is 5.83. The van der Waals surface area contributed by atoms with E-state index < -0.39 is 6.23 Å². The monoisotopic (exact) mass is 437 g/mol. The van der Waals surface area contributed by atoms with Crippen molar-refractivity contribution in [1.29, 1.82) is 0 Å². The molecule has 0 aliphatic carbocycles. The van der Waals surface area contributed by atoms with Gasteiger partial charge in [-0.1, -0.05) is 78.9 Å². The maximum atomic E-state index is 11.4. The van der Waals surface area contributed by atoms with E-state index >= 15 is 0 Å². The van der Waals surface area contributed by atoms with Crippen LogP contribution >= 0.6 is 0 Å². The van der Waals surface area contributed by atoms with Gasteiger partial charge >= 0.3 is 0 Å². The molecule has 3 nitrogen and oxygen atoms in total. The average Bonchev–Trinajstić information content (AvgIpc) is 3.44. The molecule has 0 saturated heterocycles. The predicted octanol–water partition coefficient (Wildman–Crippen LogP) is 7.88. The van der Waals surface area contributed by atoms with Crippen LogP contribution in [0.1, 0.15) is 11.8 Å². The van der Waals surface area contributed by atoms with E-state index in [4.69, 9.17) is 4.42 Å². The number of benzene rings is 5. The SMILES string of the molecule is OC1c2ccccc2-c2cc(-c3cccc4c3oc3ccccc34)cc3c4ccccc4n1c23. The third-order valence-corrected chi connectivity index (χ3v) is 7.29. The fourth-order valence-corrected chi connectivity index (χ4v) is 5.83. The van der Waals surface area contributed by atoms with Crippen LogP contribution in [0.5, 0.6) is 0 Å². The third kappa shape index (κ3) is 2.19. The van der Waals surface area contributed by atoms with E-state index in [9.17, 15) is 5.11 Å². The molecule has 3 heterocycles. The molecule has 5 aromatic carbocycles. The van der Waals surface area contributed by atoms with Gasteiger partial charge in [-0.3, -0.25) is 0 Å². The van der Waals surface area contributed by atoms with Gasteiger partial charge in [0.2, 0.25) is 0 Å². The molecule has 1 aliphatic heterocycles. The molecule has 0 radical (unpaired) electrons. The molecule has 7 aromatic rings. The number of aromatic nitrogens is 1. The minimum absolute atomic E-state index is 0.712. The second kappa shape index (κ2) is 6.37. The van der Waals surface area contributed by atoms with Crippen LogP contribution in [0.4, 0.5) is 0 Å². The molecule has 1 unspecified atom stereocenters. The van der Waals surface area contributed by atoms with Gasteiger partial charge in [-0.15, -0.1) is 0 Å². The van der Waals surface area contributed by atoms with Crippen LogP contribution in [-0.2, 0) is 0 Å². The van der Waals surface area contributed by atoms with Crippen molar-refractivity contribution in [1.82, 2.24) is 4.57 Å². The van der Waals surface area contributed by atoms with E-state index in [1.165, 1.54) is 0 Å². The zero-order chi connectivity index (χ0) is 22.4. The van der Waals surface area contributed by atoms with Gasteiger partial charge in [-0.2, -0.15) is 0 Å². The number of furan rings is 1. The molecule has 1 N–H and O–H groups in total. The average molecular weight is 437 g/mol. The Morgan fingerprint density at radius 3 is 2.29 bits per heavy atom. The van der Waals surface area contributed by atoms with Crippen molar-refractivity contribution in [2.24, 2.45) is 0 Å². The number of fused-ring (bicyclic) bond motifs is 8. The van der Waals surface area contributed by atoms with Crippen molar-refractivity contribution in [2.75, 3.05) is 0 Å². The first-order chi connectivity index (χ1) is 16.8. The minimum atomic E-state index is -0.712. The molecule has 0 fully saturated rings. The highest BCUT2D eigenvalue weighted by molar-refractivity contribution is 6.17. The number of hydrogen-bond acceptors (Lipinski definition) is 2. The predicted molar refractivity (Wildman–Crippen MR) is 138 cm³/mol. The quantitative estimate of drug-likeness (QED) is 0.284. The van der Waals surface area contributed by atoms with Crippen LogP contribution < -0.4 is 0 Å². The summed E-state index contributed by atoms with van der Waals surface area (Å²) < 4.78 is 8.45. The summed E-state index contributed by atoms with van der Waals surface area (Å²) in [6.07, 6.45) is -0.712. The van der Waals surface area contributed by atoms with Crippen LogP contribution in [0, 0.1) is 0 Å². The van der Waals surface area contributed by atoms with Crippen molar-refractivity contribution < 1.29 is 9.52 Å². The number of hydrogen-bond donors (Lipinski definition) is 1. The molecule has 0 saturated carbocycles. The Morgan fingerprint density at radius 2 is 1.35 bits per heavy atom. The number of nitrogens with zero attached hydrogens (tertiary/aromatic N) is 1. The van der Waals surface area contributed by atoms with Crippen LogP contribution in [0.15, 0.2) is 108 Å². The lowest BCUT2D eigenvalue weighted by molar-refractivity contribution is 0.155. The maximum absolute atomic E-state index is 11.4. The molecule has 0 amide bonds. The van der Waals surface area contributed by atoms with Gasteiger partial charge in [0.25, 0.3) is 0 Å². The molecule has 160 valence electrons. The lowest BCUT2D eigenvalue weighted by atomic mass is 9.90. The molecule has 1 atom stereocenters. The third-order valence-electron chi connectivity index (χ3n) is 7.29. The molecule has 8 rings (SSSR count). The molecular weight excluding hydrogens is 418 g/mol. The van der Waals surface area contributed by atoms with Crippen molar-refractivity contribution in [3.8, 4) is 22.3 Å². The molecule has 0 bridgehead atoms. The lowest BCUT2D eigenvalue weighted by Gasteiger charge is -2.26. The topological polar surface area (TPSA) is 38.3 Å². The van der Waals surface area contributed by atoms with E-state index in [0.717, 1.165) is 71.6 Å². The number of aliphatic hydroxyl groups excluding tert-OH is 1. The number of para-hydroxylation sites is 3. The lowest BCUT2D eigenvalue weighted by Crippen LogP contribution is -2.15. The summed E-state index contributed by atoms with van der Waals surface area (Å²) in [5, 5.41) is 15.9. The maximum Gasteiger partial charge on any atom is 0.158 e. The van der Waals surface area contributed by atoms with Gasteiger partial charge in [0.15, 0.2) is 6.23 Å². The molecular formula is C31H19NO2. The van der Waals surface area contributed by atoms with Gasteiger partial charge in [0.05, 0.1) is 11.0 Å². The minimum Gasteiger partial charge on any atom is -0.455 e. The first-order valence-corrected chi connectivity index (χ1v) is 11.5. The Labute approximate surface area is 195 Å². The Balaban J connectivity index is 1.54. The molecule has 2 aromatic heterocycles. The van der Waals surface area contributed by atoms with Gasteiger partial charge in [-0.05, 0) is 35.4 Å². The van der Waals surface area contributed by atoms with Crippen molar-refractivity contribution in [3.63, 3.8) is 0 Å². The summed E-state index contributed by atoms with van der Waals surface area (Å²) in [6, 6.07) is 35.6. The first kappa shape index (κ1) is 18.1. The summed E-state index contributed by atoms with van der Waals surface area (Å²) in [4.78, 5) is 0. The summed E-state index contributed by atoms with van der Waals surface area (Å²) >= 11 is 0. The number of aliphatic hydroxyl groups is 1. The van der Waals surface area contributed by atoms with Crippen LogP contribution in [-0.4, -0.2) is 9.67 Å². The second-order valence-electron chi connectivity index (χ2n) is 9.05. The smallest absolute Gasteiger partial charge is 0.158 e. The van der Waals surface area contributed by atoms with Crippen molar-refractivity contribution in [3.05, 3.63) is 109 Å². The van der Waals surface area contributed by atoms with E-state index in [2.05, 4.69) is 71.3 Å². The summed E-state index contributed by atoms with van der Waals surface area (Å²) in [7, 11) is 0. The first-order valence-electron chi connectivity index (χ1n) is 11.5. The Kier molecular flexibility index (Phi) is 3.40. The Bertz CT molecular complexity index is 1940.